The van der Waals surface area contributed by atoms with Crippen molar-refractivity contribution >= 4 is 18.7 Å². The van der Waals surface area contributed by atoms with Crippen molar-refractivity contribution in [3.05, 3.63) is 23.8 Å². The SMILES string of the molecule is CC(C)(C)OC(=O)N1CCC(Oc2cc(F)c(B(O)O)c(F)c2)CC1. The van der Waals surface area contributed by atoms with Gasteiger partial charge in [0.1, 0.15) is 29.1 Å². The first-order valence-corrected chi connectivity index (χ1v) is 8.06. The molecule has 1 aromatic rings. The van der Waals surface area contributed by atoms with Crippen molar-refractivity contribution in [3.63, 3.8) is 0 Å². The number of benzene rings is 1. The third-order valence-corrected chi connectivity index (χ3v) is 3.71. The maximum Gasteiger partial charge on any atom is 0.494 e. The summed E-state index contributed by atoms with van der Waals surface area (Å²) in [6, 6.07) is 1.83. The molecule has 0 spiro atoms. The van der Waals surface area contributed by atoms with E-state index < -0.39 is 35.9 Å². The minimum Gasteiger partial charge on any atom is -0.490 e. The fourth-order valence-corrected chi connectivity index (χ4v) is 2.55. The smallest absolute Gasteiger partial charge is 0.490 e. The molecule has 0 saturated carbocycles. The van der Waals surface area contributed by atoms with Gasteiger partial charge in [-0.1, -0.05) is 0 Å². The largest absolute Gasteiger partial charge is 0.494 e. The van der Waals surface area contributed by atoms with Gasteiger partial charge < -0.3 is 24.4 Å². The monoisotopic (exact) mass is 357 g/mol. The lowest BCUT2D eigenvalue weighted by Gasteiger charge is -2.33. The minimum atomic E-state index is -2.23. The zero-order valence-electron chi connectivity index (χ0n) is 14.5. The van der Waals surface area contributed by atoms with Crippen molar-refractivity contribution in [1.82, 2.24) is 4.90 Å². The van der Waals surface area contributed by atoms with Crippen LogP contribution in [0.4, 0.5) is 13.6 Å². The predicted octanol–water partition coefficient (Wildman–Crippen LogP) is 1.42. The second-order valence-electron chi connectivity index (χ2n) is 6.96. The van der Waals surface area contributed by atoms with E-state index >= 15 is 0 Å². The molecule has 0 unspecified atom stereocenters. The zero-order chi connectivity index (χ0) is 18.8. The molecule has 9 heteroatoms. The van der Waals surface area contributed by atoms with Crippen LogP contribution in [0.2, 0.25) is 0 Å². The maximum absolute atomic E-state index is 13.7. The number of carbonyl (C=O) groups excluding carboxylic acids is 1. The lowest BCUT2D eigenvalue weighted by atomic mass is 9.79. The number of amides is 1. The Morgan fingerprint density at radius 3 is 2.16 bits per heavy atom. The van der Waals surface area contributed by atoms with E-state index in [1.54, 1.807) is 25.7 Å². The van der Waals surface area contributed by atoms with Crippen LogP contribution in [-0.4, -0.2) is 53.0 Å². The summed E-state index contributed by atoms with van der Waals surface area (Å²) in [4.78, 5) is 13.6. The summed E-state index contributed by atoms with van der Waals surface area (Å²) in [7, 11) is -2.23. The molecule has 0 bridgehead atoms. The molecule has 0 atom stereocenters. The summed E-state index contributed by atoms with van der Waals surface area (Å²) in [5, 5.41) is 17.9. The number of hydrogen-bond donors (Lipinski definition) is 2. The highest BCUT2D eigenvalue weighted by Gasteiger charge is 2.28. The summed E-state index contributed by atoms with van der Waals surface area (Å²) in [6.07, 6.45) is 0.284. The normalized spacial score (nSPS) is 15.9. The quantitative estimate of drug-likeness (QED) is 0.800. The summed E-state index contributed by atoms with van der Waals surface area (Å²) >= 11 is 0. The fraction of sp³-hybridized carbons (Fsp3) is 0.562. The number of hydrogen-bond acceptors (Lipinski definition) is 5. The Labute approximate surface area is 145 Å². The van der Waals surface area contributed by atoms with E-state index in [4.69, 9.17) is 19.5 Å². The second-order valence-corrected chi connectivity index (χ2v) is 6.96. The van der Waals surface area contributed by atoms with Gasteiger partial charge in [0.2, 0.25) is 0 Å². The van der Waals surface area contributed by atoms with Crippen molar-refractivity contribution in [3.8, 4) is 5.75 Å². The fourth-order valence-electron chi connectivity index (χ4n) is 2.55. The van der Waals surface area contributed by atoms with Gasteiger partial charge >= 0.3 is 13.2 Å². The molecule has 1 amide bonds. The Balaban J connectivity index is 1.93. The van der Waals surface area contributed by atoms with Crippen LogP contribution in [0, 0.1) is 11.6 Å². The zero-order valence-corrected chi connectivity index (χ0v) is 14.5. The molecule has 0 aromatic heterocycles. The maximum atomic E-state index is 13.7. The Morgan fingerprint density at radius 1 is 1.20 bits per heavy atom. The molecule has 1 saturated heterocycles. The van der Waals surface area contributed by atoms with Crippen molar-refractivity contribution in [2.75, 3.05) is 13.1 Å². The number of nitrogens with zero attached hydrogens (tertiary/aromatic N) is 1. The van der Waals surface area contributed by atoms with Crippen molar-refractivity contribution in [1.29, 1.82) is 0 Å². The van der Waals surface area contributed by atoms with Gasteiger partial charge in [0.05, 0.1) is 5.46 Å². The predicted molar refractivity (Wildman–Crippen MR) is 87.6 cm³/mol. The topological polar surface area (TPSA) is 79.2 Å². The molecule has 1 fully saturated rings. The van der Waals surface area contributed by atoms with E-state index in [0.717, 1.165) is 12.1 Å². The third kappa shape index (κ3) is 5.30. The van der Waals surface area contributed by atoms with Gasteiger partial charge in [-0.3, -0.25) is 0 Å². The molecule has 2 rings (SSSR count). The Bertz CT molecular complexity index is 604. The third-order valence-electron chi connectivity index (χ3n) is 3.71. The molecule has 2 N–H and O–H groups in total. The molecular formula is C16H22BF2NO5. The molecule has 1 heterocycles. The van der Waals surface area contributed by atoms with Crippen LogP contribution in [0.15, 0.2) is 12.1 Å². The van der Waals surface area contributed by atoms with E-state index in [-0.39, 0.29) is 11.9 Å². The lowest BCUT2D eigenvalue weighted by Crippen LogP contribution is -2.44. The first-order valence-electron chi connectivity index (χ1n) is 8.06. The number of ether oxygens (including phenoxy) is 2. The summed E-state index contributed by atoms with van der Waals surface area (Å²) in [5.41, 5.74) is -1.38. The van der Waals surface area contributed by atoms with Crippen LogP contribution < -0.4 is 10.2 Å². The highest BCUT2D eigenvalue weighted by atomic mass is 19.1. The molecule has 25 heavy (non-hydrogen) atoms. The Morgan fingerprint density at radius 2 is 1.72 bits per heavy atom. The number of halogens is 2. The second kappa shape index (κ2) is 7.57. The first-order chi connectivity index (χ1) is 11.6. The van der Waals surface area contributed by atoms with Gasteiger partial charge in [-0.25, -0.2) is 13.6 Å². The van der Waals surface area contributed by atoms with Gasteiger partial charge in [0.25, 0.3) is 0 Å². The number of rotatable bonds is 3. The van der Waals surface area contributed by atoms with E-state index in [1.807, 2.05) is 0 Å². The molecule has 0 radical (unpaired) electrons. The van der Waals surface area contributed by atoms with Gasteiger partial charge in [-0.05, 0) is 20.8 Å². The van der Waals surface area contributed by atoms with Crippen LogP contribution in [0.5, 0.6) is 5.75 Å². The van der Waals surface area contributed by atoms with Gasteiger partial charge in [-0.15, -0.1) is 0 Å². The van der Waals surface area contributed by atoms with Crippen LogP contribution in [0.1, 0.15) is 33.6 Å². The number of likely N-dealkylation sites (tertiary alicyclic amines) is 1. The minimum absolute atomic E-state index is 0.0323. The van der Waals surface area contributed by atoms with Crippen LogP contribution in [-0.2, 0) is 4.74 Å². The summed E-state index contributed by atoms with van der Waals surface area (Å²) in [5.74, 6) is -2.21. The van der Waals surface area contributed by atoms with Gasteiger partial charge in [-0.2, -0.15) is 0 Å². The van der Waals surface area contributed by atoms with E-state index in [0.29, 0.717) is 25.9 Å². The molecule has 6 nitrogen and oxygen atoms in total. The Hall–Kier alpha value is -1.87. The average Bonchev–Trinajstić information content (AvgIpc) is 2.44. The first kappa shape index (κ1) is 19.5. The van der Waals surface area contributed by atoms with Crippen molar-refractivity contribution in [2.45, 2.75) is 45.3 Å². The molecular weight excluding hydrogens is 335 g/mol. The average molecular weight is 357 g/mol. The molecule has 1 aliphatic heterocycles. The van der Waals surface area contributed by atoms with Crippen molar-refractivity contribution < 1.29 is 33.1 Å². The summed E-state index contributed by atoms with van der Waals surface area (Å²) < 4.78 is 38.3. The van der Waals surface area contributed by atoms with Gasteiger partial charge in [0, 0.05) is 38.1 Å². The van der Waals surface area contributed by atoms with Crippen LogP contribution in [0.25, 0.3) is 0 Å². The van der Waals surface area contributed by atoms with Crippen LogP contribution >= 0.6 is 0 Å². The highest BCUT2D eigenvalue weighted by molar-refractivity contribution is 6.58. The molecule has 138 valence electrons. The lowest BCUT2D eigenvalue weighted by molar-refractivity contribution is 0.0126. The standard InChI is InChI=1S/C16H22BF2NO5/c1-16(2,3)25-15(21)20-6-4-10(5-7-20)24-11-8-12(18)14(17(22)23)13(19)9-11/h8-10,22-23H,4-7H2,1-3H3. The van der Waals surface area contributed by atoms with E-state index in [1.165, 1.54) is 0 Å². The molecule has 1 aliphatic rings. The van der Waals surface area contributed by atoms with E-state index in [2.05, 4.69) is 0 Å². The molecule has 1 aromatic carbocycles. The Kier molecular flexibility index (Phi) is 5.89. The number of carbonyl (C=O) groups is 1. The van der Waals surface area contributed by atoms with Crippen LogP contribution in [0.3, 0.4) is 0 Å². The number of piperidine rings is 1. The highest BCUT2D eigenvalue weighted by Crippen LogP contribution is 2.22. The van der Waals surface area contributed by atoms with Crippen molar-refractivity contribution in [2.24, 2.45) is 0 Å². The van der Waals surface area contributed by atoms with E-state index in [9.17, 15) is 13.6 Å². The van der Waals surface area contributed by atoms with Gasteiger partial charge in [0.15, 0.2) is 0 Å². The molecule has 0 aliphatic carbocycles. The summed E-state index contributed by atoms with van der Waals surface area (Å²) in [6.45, 7) is 6.19.